The maximum absolute atomic E-state index is 12.4. The van der Waals surface area contributed by atoms with Gasteiger partial charge in [0.05, 0.1) is 29.1 Å². The number of amides is 2. The Balaban J connectivity index is 2.31. The molecule has 0 spiro atoms. The van der Waals surface area contributed by atoms with Crippen LogP contribution in [0.2, 0.25) is 0 Å². The molecular formula is C18H20BrNO5S. The number of nitrogens with zero attached hydrogens (tertiary/aromatic N) is 1. The number of benzene rings is 1. The summed E-state index contributed by atoms with van der Waals surface area (Å²) in [4.78, 5) is 26.0. The van der Waals surface area contributed by atoms with Crippen molar-refractivity contribution < 1.29 is 23.8 Å². The average molecular weight is 442 g/mol. The molecule has 1 aromatic carbocycles. The molecule has 0 unspecified atom stereocenters. The Kier molecular flexibility index (Phi) is 7.74. The van der Waals surface area contributed by atoms with Crippen molar-refractivity contribution >= 4 is 44.9 Å². The molecule has 1 fully saturated rings. The maximum Gasteiger partial charge on any atom is 0.293 e. The van der Waals surface area contributed by atoms with Gasteiger partial charge in [0.25, 0.3) is 11.1 Å². The number of imide groups is 1. The van der Waals surface area contributed by atoms with Crippen molar-refractivity contribution in [3.05, 3.63) is 39.7 Å². The Labute approximate surface area is 165 Å². The van der Waals surface area contributed by atoms with E-state index in [1.165, 1.54) is 12.0 Å². The Morgan fingerprint density at radius 3 is 2.73 bits per heavy atom. The molecule has 1 aliphatic heterocycles. The van der Waals surface area contributed by atoms with E-state index in [-0.39, 0.29) is 17.7 Å². The van der Waals surface area contributed by atoms with Crippen LogP contribution in [0.15, 0.2) is 34.2 Å². The van der Waals surface area contributed by atoms with E-state index in [0.29, 0.717) is 40.7 Å². The quantitative estimate of drug-likeness (QED) is 0.424. The Bertz CT molecular complexity index is 735. The largest absolute Gasteiger partial charge is 0.490 e. The topological polar surface area (TPSA) is 65.1 Å². The SMILES string of the molecule is C=CCOc1c(Br)cc(/C=C2/SC(=O)N(CCOC)C2=O)cc1OCC. The van der Waals surface area contributed by atoms with Gasteiger partial charge in [-0.2, -0.15) is 0 Å². The molecule has 1 aliphatic rings. The van der Waals surface area contributed by atoms with Gasteiger partial charge < -0.3 is 14.2 Å². The molecule has 0 N–H and O–H groups in total. The van der Waals surface area contributed by atoms with Crippen LogP contribution in [0.1, 0.15) is 12.5 Å². The van der Waals surface area contributed by atoms with E-state index in [1.807, 2.05) is 13.0 Å². The first kappa shape index (κ1) is 20.5. The number of methoxy groups -OCH3 is 1. The lowest BCUT2D eigenvalue weighted by atomic mass is 10.2. The zero-order valence-electron chi connectivity index (χ0n) is 14.6. The van der Waals surface area contributed by atoms with Gasteiger partial charge in [-0.15, -0.1) is 0 Å². The molecular weight excluding hydrogens is 422 g/mol. The van der Waals surface area contributed by atoms with Gasteiger partial charge >= 0.3 is 0 Å². The minimum atomic E-state index is -0.321. The van der Waals surface area contributed by atoms with E-state index in [0.717, 1.165) is 17.3 Å². The highest BCUT2D eigenvalue weighted by Crippen LogP contribution is 2.39. The van der Waals surface area contributed by atoms with Gasteiger partial charge in [-0.1, -0.05) is 12.7 Å². The van der Waals surface area contributed by atoms with Gasteiger partial charge in [0.15, 0.2) is 11.5 Å². The summed E-state index contributed by atoms with van der Waals surface area (Å²) in [6, 6.07) is 3.58. The summed E-state index contributed by atoms with van der Waals surface area (Å²) in [6.07, 6.45) is 3.31. The van der Waals surface area contributed by atoms with Crippen LogP contribution in [0.25, 0.3) is 6.08 Å². The van der Waals surface area contributed by atoms with Crippen LogP contribution >= 0.6 is 27.7 Å². The Morgan fingerprint density at radius 1 is 1.31 bits per heavy atom. The number of rotatable bonds is 9. The first-order chi connectivity index (χ1) is 12.5. The van der Waals surface area contributed by atoms with Gasteiger partial charge in [-0.25, -0.2) is 0 Å². The van der Waals surface area contributed by atoms with Crippen LogP contribution in [0.4, 0.5) is 4.79 Å². The summed E-state index contributed by atoms with van der Waals surface area (Å²) >= 11 is 4.38. The third-order valence-corrected chi connectivity index (χ3v) is 4.86. The lowest BCUT2D eigenvalue weighted by Crippen LogP contribution is -2.31. The van der Waals surface area contributed by atoms with Crippen molar-refractivity contribution in [2.45, 2.75) is 6.92 Å². The Morgan fingerprint density at radius 2 is 2.08 bits per heavy atom. The predicted octanol–water partition coefficient (Wildman–Crippen LogP) is 4.10. The van der Waals surface area contributed by atoms with Gasteiger partial charge in [-0.05, 0) is 58.4 Å². The minimum Gasteiger partial charge on any atom is -0.490 e. The normalized spacial score (nSPS) is 15.7. The second kappa shape index (κ2) is 9.80. The molecule has 1 saturated heterocycles. The highest BCUT2D eigenvalue weighted by Gasteiger charge is 2.34. The highest BCUT2D eigenvalue weighted by atomic mass is 79.9. The zero-order valence-corrected chi connectivity index (χ0v) is 17.0. The first-order valence-corrected chi connectivity index (χ1v) is 9.57. The molecule has 2 rings (SSSR count). The van der Waals surface area contributed by atoms with Gasteiger partial charge in [0.2, 0.25) is 0 Å². The second-order valence-electron chi connectivity index (χ2n) is 5.19. The minimum absolute atomic E-state index is 0.237. The van der Waals surface area contributed by atoms with Crippen LogP contribution in [-0.2, 0) is 9.53 Å². The summed E-state index contributed by atoms with van der Waals surface area (Å²) < 4.78 is 16.9. The van der Waals surface area contributed by atoms with E-state index in [2.05, 4.69) is 22.5 Å². The molecule has 8 heteroatoms. The molecule has 1 heterocycles. The monoisotopic (exact) mass is 441 g/mol. The number of thioether (sulfide) groups is 1. The van der Waals surface area contributed by atoms with Gasteiger partial charge in [0.1, 0.15) is 6.61 Å². The van der Waals surface area contributed by atoms with Crippen molar-refractivity contribution in [3.8, 4) is 11.5 Å². The summed E-state index contributed by atoms with van der Waals surface area (Å²) in [7, 11) is 1.53. The van der Waals surface area contributed by atoms with E-state index in [1.54, 1.807) is 18.2 Å². The zero-order chi connectivity index (χ0) is 19.1. The van der Waals surface area contributed by atoms with E-state index in [9.17, 15) is 9.59 Å². The van der Waals surface area contributed by atoms with Gasteiger partial charge in [-0.3, -0.25) is 14.5 Å². The number of hydrogen-bond donors (Lipinski definition) is 0. The van der Waals surface area contributed by atoms with Crippen molar-refractivity contribution in [1.82, 2.24) is 4.90 Å². The fraction of sp³-hybridized carbons (Fsp3) is 0.333. The highest BCUT2D eigenvalue weighted by molar-refractivity contribution is 9.10. The van der Waals surface area contributed by atoms with Crippen molar-refractivity contribution in [3.63, 3.8) is 0 Å². The molecule has 0 atom stereocenters. The molecule has 0 saturated carbocycles. The summed E-state index contributed by atoms with van der Waals surface area (Å²) in [6.45, 7) is 6.86. The molecule has 0 radical (unpaired) electrons. The Hall–Kier alpha value is -1.77. The van der Waals surface area contributed by atoms with Crippen LogP contribution in [0.3, 0.4) is 0 Å². The molecule has 0 aromatic heterocycles. The number of halogens is 1. The van der Waals surface area contributed by atoms with Crippen LogP contribution < -0.4 is 9.47 Å². The van der Waals surface area contributed by atoms with Crippen molar-refractivity contribution in [1.29, 1.82) is 0 Å². The molecule has 26 heavy (non-hydrogen) atoms. The predicted molar refractivity (Wildman–Crippen MR) is 106 cm³/mol. The molecule has 1 aromatic rings. The third kappa shape index (κ3) is 4.90. The average Bonchev–Trinajstić information content (AvgIpc) is 2.86. The van der Waals surface area contributed by atoms with E-state index in [4.69, 9.17) is 14.2 Å². The number of hydrogen-bond acceptors (Lipinski definition) is 6. The van der Waals surface area contributed by atoms with E-state index >= 15 is 0 Å². The summed E-state index contributed by atoms with van der Waals surface area (Å²) in [5, 5.41) is -0.298. The number of carbonyl (C=O) groups is 2. The van der Waals surface area contributed by atoms with Crippen molar-refractivity contribution in [2.75, 3.05) is 33.5 Å². The first-order valence-electron chi connectivity index (χ1n) is 7.96. The van der Waals surface area contributed by atoms with Crippen molar-refractivity contribution in [2.24, 2.45) is 0 Å². The lowest BCUT2D eigenvalue weighted by Gasteiger charge is -2.14. The fourth-order valence-electron chi connectivity index (χ4n) is 2.24. The van der Waals surface area contributed by atoms with E-state index < -0.39 is 0 Å². The molecule has 0 aliphatic carbocycles. The molecule has 140 valence electrons. The fourth-order valence-corrected chi connectivity index (χ4v) is 3.68. The molecule has 2 amide bonds. The maximum atomic E-state index is 12.4. The number of carbonyl (C=O) groups excluding carboxylic acids is 2. The van der Waals surface area contributed by atoms with Crippen LogP contribution in [-0.4, -0.2) is 49.5 Å². The van der Waals surface area contributed by atoms with Crippen LogP contribution in [0.5, 0.6) is 11.5 Å². The number of ether oxygens (including phenoxy) is 3. The third-order valence-electron chi connectivity index (χ3n) is 3.37. The molecule has 0 bridgehead atoms. The summed E-state index contributed by atoms with van der Waals surface area (Å²) in [5.74, 6) is 0.795. The van der Waals surface area contributed by atoms with Gasteiger partial charge in [0, 0.05) is 7.11 Å². The van der Waals surface area contributed by atoms with Crippen LogP contribution in [0, 0.1) is 0 Å². The molecule has 6 nitrogen and oxygen atoms in total. The standard InChI is InChI=1S/C18H20BrNO5S/c1-4-7-25-16-13(19)9-12(10-14(16)24-5-2)11-15-17(21)20(6-8-23-3)18(22)26-15/h4,9-11H,1,5-8H2,2-3H3/b15-11+. The lowest BCUT2D eigenvalue weighted by molar-refractivity contribution is -0.123. The summed E-state index contributed by atoms with van der Waals surface area (Å²) in [5.41, 5.74) is 0.725. The second-order valence-corrected chi connectivity index (χ2v) is 7.04. The smallest absolute Gasteiger partial charge is 0.293 e.